The predicted octanol–water partition coefficient (Wildman–Crippen LogP) is 1.60. The lowest BCUT2D eigenvalue weighted by molar-refractivity contribution is -0.212. The minimum Gasteiger partial charge on any atom is -0.508 e. The summed E-state index contributed by atoms with van der Waals surface area (Å²) in [4.78, 5) is 36.1. The quantitative estimate of drug-likeness (QED) is 0.0755. The zero-order chi connectivity index (χ0) is 34.0. The average molecular weight is 658 g/mol. The summed E-state index contributed by atoms with van der Waals surface area (Å²) in [5, 5.41) is 74.1. The molecule has 0 fully saturated rings. The zero-order valence-corrected chi connectivity index (χ0v) is 25.3. The van der Waals surface area contributed by atoms with Gasteiger partial charge in [-0.3, -0.25) is 14.6 Å². The summed E-state index contributed by atoms with van der Waals surface area (Å²) in [5.41, 5.74) is 4.77. The van der Waals surface area contributed by atoms with Gasteiger partial charge in [0.05, 0.1) is 70.4 Å². The Balaban J connectivity index is 1.54. The number of carbonyl (C=O) groups excluding carboxylic acids is 2. The van der Waals surface area contributed by atoms with E-state index >= 15 is 0 Å². The molecule has 0 spiro atoms. The van der Waals surface area contributed by atoms with Gasteiger partial charge in [0.25, 0.3) is 11.8 Å². The number of nitrogens with one attached hydrogen (secondary N) is 2. The Morgan fingerprint density at radius 3 is 2.23 bits per heavy atom. The van der Waals surface area contributed by atoms with Crippen LogP contribution in [0.15, 0.2) is 54.6 Å². The van der Waals surface area contributed by atoms with Crippen molar-refractivity contribution >= 4 is 55.4 Å². The van der Waals surface area contributed by atoms with Gasteiger partial charge in [-0.15, -0.1) is 0 Å². The number of aromatic nitrogens is 3. The Morgan fingerprint density at radius 1 is 0.896 bits per heavy atom. The van der Waals surface area contributed by atoms with Crippen LogP contribution in [-0.4, -0.2) is 92.2 Å². The van der Waals surface area contributed by atoms with Crippen molar-refractivity contribution < 1.29 is 50.1 Å². The molecule has 7 rings (SSSR count). The molecule has 0 aliphatic carbocycles. The first-order chi connectivity index (χ1) is 23.0. The van der Waals surface area contributed by atoms with Crippen LogP contribution in [0.3, 0.4) is 0 Å². The van der Waals surface area contributed by atoms with E-state index in [4.69, 9.17) is 4.74 Å². The number of nitrogens with zero attached hydrogens (tertiary/aromatic N) is 3. The minimum atomic E-state index is -2.24. The molecule has 248 valence electrons. The first kappa shape index (κ1) is 31.5. The predicted molar refractivity (Wildman–Crippen MR) is 171 cm³/mol. The Hall–Kier alpha value is -5.13. The maximum atomic E-state index is 14.3. The van der Waals surface area contributed by atoms with Crippen LogP contribution in [0.25, 0.3) is 43.6 Å². The molecule has 0 saturated heterocycles. The molecule has 2 amide bonds. The molecule has 3 atom stereocenters. The van der Waals surface area contributed by atoms with Gasteiger partial charge in [0.2, 0.25) is 0 Å². The molecule has 4 heterocycles. The molecule has 15 heteroatoms. The number of aromatic amines is 1. The highest BCUT2D eigenvalue weighted by Crippen LogP contribution is 2.47. The van der Waals surface area contributed by atoms with Crippen molar-refractivity contribution in [1.82, 2.24) is 25.0 Å². The number of phenols is 2. The number of carbonyl (C=O) groups is 2. The number of pyridine rings is 1. The standard InChI is InChI=1S/C33H31N5O10/c1-14(41)23(13-40)48-32(33(46)47)37-22-10-18(43)6-8-20(22)25-27-26(24-19-7-5-17(42)9-21(19)36-28(24)29(25)37)30(44)38(31(27)45)34-11-15-3-2-4-16(12-39)35-15/h2-10,14,23,32-34,36,39-43,46-47H,11-13H2,1H3. The molecule has 0 saturated carbocycles. The summed E-state index contributed by atoms with van der Waals surface area (Å²) >= 11 is 0. The summed E-state index contributed by atoms with van der Waals surface area (Å²) in [6.07, 6.45) is -6.45. The summed E-state index contributed by atoms with van der Waals surface area (Å²) in [6.45, 7) is 0.340. The van der Waals surface area contributed by atoms with Gasteiger partial charge in [-0.05, 0) is 43.3 Å². The van der Waals surface area contributed by atoms with E-state index in [0.29, 0.717) is 33.1 Å². The number of fused-ring (bicyclic) bond motifs is 10. The SMILES string of the molecule is CC(O)C(CO)OC(C(O)O)n1c2cc(O)ccc2c2c3c(c4c5ccc(O)cc5[nH]c4c21)C(=O)N(NCc1cccc(CO)n1)C3=O. The summed E-state index contributed by atoms with van der Waals surface area (Å²) in [6, 6.07) is 13.6. The third-order valence-corrected chi connectivity index (χ3v) is 8.58. The number of rotatable bonds is 10. The molecule has 1 aliphatic heterocycles. The third-order valence-electron chi connectivity index (χ3n) is 8.58. The van der Waals surface area contributed by atoms with E-state index in [2.05, 4.69) is 15.4 Å². The topological polar surface area (TPSA) is 234 Å². The zero-order valence-electron chi connectivity index (χ0n) is 25.3. The number of aromatic hydroxyl groups is 2. The fraction of sp³-hybridized carbons (Fsp3) is 0.242. The van der Waals surface area contributed by atoms with Crippen LogP contribution in [0, 0.1) is 0 Å². The minimum absolute atomic E-state index is 0.0177. The van der Waals surface area contributed by atoms with Crippen LogP contribution in [0.1, 0.15) is 45.3 Å². The number of amides is 2. The number of aliphatic hydroxyl groups is 5. The van der Waals surface area contributed by atoms with Crippen molar-refractivity contribution in [3.05, 3.63) is 77.1 Å². The third kappa shape index (κ3) is 4.84. The summed E-state index contributed by atoms with van der Waals surface area (Å²) in [7, 11) is 0. The molecule has 15 nitrogen and oxygen atoms in total. The van der Waals surface area contributed by atoms with Crippen molar-refractivity contribution in [1.29, 1.82) is 0 Å². The van der Waals surface area contributed by atoms with E-state index in [1.807, 2.05) is 0 Å². The summed E-state index contributed by atoms with van der Waals surface area (Å²) < 4.78 is 7.22. The lowest BCUT2D eigenvalue weighted by Crippen LogP contribution is -2.42. The fourth-order valence-corrected chi connectivity index (χ4v) is 6.45. The van der Waals surface area contributed by atoms with Gasteiger partial charge in [-0.25, -0.2) is 10.4 Å². The molecule has 9 N–H and O–H groups in total. The van der Waals surface area contributed by atoms with Gasteiger partial charge in [0.1, 0.15) is 17.6 Å². The highest BCUT2D eigenvalue weighted by atomic mass is 16.6. The number of hydrogen-bond donors (Lipinski definition) is 9. The number of hydrazine groups is 1. The van der Waals surface area contributed by atoms with Crippen molar-refractivity contribution in [2.75, 3.05) is 6.61 Å². The molecule has 48 heavy (non-hydrogen) atoms. The first-order valence-electron chi connectivity index (χ1n) is 15.0. The van der Waals surface area contributed by atoms with E-state index in [0.717, 1.165) is 5.01 Å². The molecule has 3 aromatic carbocycles. The molecule has 0 radical (unpaired) electrons. The van der Waals surface area contributed by atoms with E-state index in [1.54, 1.807) is 24.3 Å². The number of ether oxygens (including phenoxy) is 1. The highest BCUT2D eigenvalue weighted by molar-refractivity contribution is 6.39. The van der Waals surface area contributed by atoms with Gasteiger partial charge in [0, 0.05) is 33.7 Å². The molecule has 6 aromatic rings. The maximum Gasteiger partial charge on any atom is 0.276 e. The molecular formula is C33H31N5O10. The molecule has 3 unspecified atom stereocenters. The fourth-order valence-electron chi connectivity index (χ4n) is 6.45. The largest absolute Gasteiger partial charge is 0.508 e. The van der Waals surface area contributed by atoms with Gasteiger partial charge >= 0.3 is 0 Å². The highest BCUT2D eigenvalue weighted by Gasteiger charge is 2.43. The smallest absolute Gasteiger partial charge is 0.276 e. The molecule has 0 bridgehead atoms. The van der Waals surface area contributed by atoms with E-state index in [-0.39, 0.29) is 57.7 Å². The number of phenolic OH excluding ortho intramolecular Hbond substituents is 2. The molecule has 3 aromatic heterocycles. The van der Waals surface area contributed by atoms with Crippen molar-refractivity contribution in [2.24, 2.45) is 0 Å². The van der Waals surface area contributed by atoms with E-state index in [1.165, 1.54) is 41.8 Å². The van der Waals surface area contributed by atoms with Gasteiger partial charge in [-0.2, -0.15) is 0 Å². The Morgan fingerprint density at radius 2 is 1.56 bits per heavy atom. The lowest BCUT2D eigenvalue weighted by Gasteiger charge is -2.29. The Kier molecular flexibility index (Phi) is 7.76. The van der Waals surface area contributed by atoms with Gasteiger partial charge in [-0.1, -0.05) is 6.07 Å². The van der Waals surface area contributed by atoms with E-state index < -0.39 is 43.1 Å². The molecule has 1 aliphatic rings. The number of H-pyrrole nitrogens is 1. The van der Waals surface area contributed by atoms with Crippen LogP contribution >= 0.6 is 0 Å². The number of hydrogen-bond acceptors (Lipinski definition) is 12. The van der Waals surface area contributed by atoms with Crippen LogP contribution in [-0.2, 0) is 17.9 Å². The number of aliphatic hydroxyl groups excluding tert-OH is 4. The van der Waals surface area contributed by atoms with E-state index in [9.17, 15) is 45.3 Å². The normalized spacial score (nSPS) is 15.4. The van der Waals surface area contributed by atoms with Gasteiger partial charge in [0.15, 0.2) is 12.5 Å². The van der Waals surface area contributed by atoms with Crippen molar-refractivity contribution in [3.8, 4) is 11.5 Å². The second kappa shape index (κ2) is 11.8. The molecular weight excluding hydrogens is 626 g/mol. The second-order valence-corrected chi connectivity index (χ2v) is 11.6. The Bertz CT molecular complexity index is 2260. The maximum absolute atomic E-state index is 14.3. The average Bonchev–Trinajstić information content (AvgIpc) is 3.67. The van der Waals surface area contributed by atoms with Crippen molar-refractivity contribution in [3.63, 3.8) is 0 Å². The second-order valence-electron chi connectivity index (χ2n) is 11.6. The van der Waals surface area contributed by atoms with Gasteiger partial charge < -0.3 is 50.0 Å². The van der Waals surface area contributed by atoms with Crippen LogP contribution in [0.4, 0.5) is 0 Å². The lowest BCUT2D eigenvalue weighted by atomic mass is 9.96. The Labute approximate surface area is 270 Å². The van der Waals surface area contributed by atoms with Crippen LogP contribution < -0.4 is 5.43 Å². The monoisotopic (exact) mass is 657 g/mol. The first-order valence-corrected chi connectivity index (χ1v) is 15.0. The van der Waals surface area contributed by atoms with Crippen LogP contribution in [0.5, 0.6) is 11.5 Å². The van der Waals surface area contributed by atoms with Crippen LogP contribution in [0.2, 0.25) is 0 Å². The number of imide groups is 1. The summed E-state index contributed by atoms with van der Waals surface area (Å²) in [5.74, 6) is -1.69. The van der Waals surface area contributed by atoms with Crippen molar-refractivity contribution in [2.45, 2.75) is 44.8 Å². The number of benzene rings is 3.